The van der Waals surface area contributed by atoms with Crippen molar-refractivity contribution < 1.29 is 10.4 Å². The lowest BCUT2D eigenvalue weighted by Gasteiger charge is -2.50. The van der Waals surface area contributed by atoms with E-state index in [4.69, 9.17) is 0 Å². The summed E-state index contributed by atoms with van der Waals surface area (Å²) in [7, 11) is 0. The number of nitrogens with zero attached hydrogens (tertiary/aromatic N) is 2. The van der Waals surface area contributed by atoms with Crippen LogP contribution in [0.4, 0.5) is 0 Å². The lowest BCUT2D eigenvalue weighted by Crippen LogP contribution is -2.54. The average molecular weight is 383 g/mol. The zero-order valence-electron chi connectivity index (χ0n) is 18.3. The molecular formula is C24H34N2O2. The molecule has 2 N–H and O–H groups in total. The van der Waals surface area contributed by atoms with E-state index >= 15 is 0 Å². The molecule has 28 heavy (non-hydrogen) atoms. The van der Waals surface area contributed by atoms with E-state index in [1.54, 1.807) is 5.06 Å². The summed E-state index contributed by atoms with van der Waals surface area (Å²) in [5.74, 6) is 0. The fourth-order valence-corrected chi connectivity index (χ4v) is 5.79. The normalized spacial score (nSPS) is 28.8. The Morgan fingerprint density at radius 3 is 2.11 bits per heavy atom. The molecule has 1 saturated heterocycles. The van der Waals surface area contributed by atoms with E-state index in [1.807, 2.05) is 0 Å². The number of hydroxylamine groups is 4. The maximum atomic E-state index is 11.2. The first-order valence-corrected chi connectivity index (χ1v) is 10.4. The Balaban J connectivity index is 1.95. The maximum absolute atomic E-state index is 11.2. The maximum Gasteiger partial charge on any atom is 0.0671 e. The van der Waals surface area contributed by atoms with Gasteiger partial charge >= 0.3 is 0 Å². The molecular weight excluding hydrogens is 348 g/mol. The van der Waals surface area contributed by atoms with Gasteiger partial charge in [-0.3, -0.25) is 0 Å². The minimum absolute atomic E-state index is 0.214. The second-order valence-electron chi connectivity index (χ2n) is 10.7. The van der Waals surface area contributed by atoms with Crippen LogP contribution in [0.1, 0.15) is 78.0 Å². The highest BCUT2D eigenvalue weighted by Gasteiger charge is 2.50. The molecule has 2 aromatic rings. The van der Waals surface area contributed by atoms with Crippen molar-refractivity contribution in [2.45, 2.75) is 89.9 Å². The van der Waals surface area contributed by atoms with Gasteiger partial charge in [-0.15, -0.1) is 0 Å². The topological polar surface area (TPSA) is 46.9 Å². The molecule has 2 heterocycles. The summed E-state index contributed by atoms with van der Waals surface area (Å²) in [5, 5.41) is 27.7. The fourth-order valence-electron chi connectivity index (χ4n) is 5.79. The minimum atomic E-state index is -0.530. The van der Waals surface area contributed by atoms with Gasteiger partial charge < -0.3 is 10.4 Å². The van der Waals surface area contributed by atoms with Gasteiger partial charge in [0, 0.05) is 11.1 Å². The highest BCUT2D eigenvalue weighted by atomic mass is 16.5. The van der Waals surface area contributed by atoms with Crippen LogP contribution in [-0.4, -0.2) is 31.6 Å². The summed E-state index contributed by atoms with van der Waals surface area (Å²) in [4.78, 5) is 0. The standard InChI is InChI=1S/C24H34N2O2/c1-21(2)13-14-24(7,25(21)27)15-17-12-11-16-9-8-10-18-19(16)20(17)23(5,6)26(28)22(18,3)4/h8-12,27-28H,13-15H2,1-7H3. The van der Waals surface area contributed by atoms with Crippen molar-refractivity contribution in [1.82, 2.24) is 10.1 Å². The van der Waals surface area contributed by atoms with Gasteiger partial charge in [-0.25, -0.2) is 0 Å². The Hall–Kier alpha value is -1.46. The molecule has 1 unspecified atom stereocenters. The van der Waals surface area contributed by atoms with Crippen molar-refractivity contribution in [3.05, 3.63) is 47.0 Å². The van der Waals surface area contributed by atoms with Gasteiger partial charge in [-0.05, 0) is 95.2 Å². The van der Waals surface area contributed by atoms with Gasteiger partial charge in [0.1, 0.15) is 0 Å². The first-order chi connectivity index (χ1) is 12.8. The second-order valence-corrected chi connectivity index (χ2v) is 10.7. The molecule has 2 aromatic carbocycles. The number of rotatable bonds is 2. The van der Waals surface area contributed by atoms with Crippen molar-refractivity contribution in [1.29, 1.82) is 0 Å². The molecule has 0 saturated carbocycles. The van der Waals surface area contributed by atoms with Crippen LogP contribution in [0.25, 0.3) is 10.8 Å². The third-order valence-electron chi connectivity index (χ3n) is 7.39. The third kappa shape index (κ3) is 2.51. The molecule has 0 aliphatic carbocycles. The van der Waals surface area contributed by atoms with E-state index in [0.717, 1.165) is 24.8 Å². The summed E-state index contributed by atoms with van der Waals surface area (Å²) >= 11 is 0. The number of hydrogen-bond donors (Lipinski definition) is 2. The van der Waals surface area contributed by atoms with Crippen molar-refractivity contribution in [3.8, 4) is 0 Å². The first-order valence-electron chi connectivity index (χ1n) is 10.4. The molecule has 152 valence electrons. The highest BCUT2D eigenvalue weighted by Crippen LogP contribution is 2.50. The molecule has 2 aliphatic heterocycles. The van der Waals surface area contributed by atoms with E-state index in [9.17, 15) is 10.4 Å². The molecule has 4 heteroatoms. The van der Waals surface area contributed by atoms with E-state index in [0.29, 0.717) is 0 Å². The van der Waals surface area contributed by atoms with Gasteiger partial charge in [0.2, 0.25) is 0 Å². The second kappa shape index (κ2) is 5.79. The van der Waals surface area contributed by atoms with E-state index in [-0.39, 0.29) is 11.1 Å². The molecule has 0 amide bonds. The van der Waals surface area contributed by atoms with Gasteiger partial charge in [0.15, 0.2) is 0 Å². The van der Waals surface area contributed by atoms with Crippen LogP contribution < -0.4 is 0 Å². The van der Waals surface area contributed by atoms with E-state index in [2.05, 4.69) is 78.8 Å². The number of hydrogen-bond acceptors (Lipinski definition) is 4. The van der Waals surface area contributed by atoms with Crippen LogP contribution in [0.5, 0.6) is 0 Å². The lowest BCUT2D eigenvalue weighted by molar-refractivity contribution is -0.234. The van der Waals surface area contributed by atoms with Crippen LogP contribution in [0.15, 0.2) is 30.3 Å². The zero-order chi connectivity index (χ0) is 20.7. The van der Waals surface area contributed by atoms with Crippen molar-refractivity contribution in [2.75, 3.05) is 0 Å². The molecule has 1 fully saturated rings. The summed E-state index contributed by atoms with van der Waals surface area (Å²) in [6, 6.07) is 10.8. The smallest absolute Gasteiger partial charge is 0.0671 e. The molecule has 0 radical (unpaired) electrons. The van der Waals surface area contributed by atoms with Gasteiger partial charge in [-0.1, -0.05) is 30.3 Å². The number of benzene rings is 2. The van der Waals surface area contributed by atoms with Gasteiger partial charge in [0.05, 0.1) is 11.1 Å². The lowest BCUT2D eigenvalue weighted by atomic mass is 9.72. The summed E-state index contributed by atoms with van der Waals surface area (Å²) in [6.45, 7) is 14.7. The Morgan fingerprint density at radius 1 is 0.821 bits per heavy atom. The van der Waals surface area contributed by atoms with Crippen LogP contribution in [-0.2, 0) is 17.5 Å². The van der Waals surface area contributed by atoms with Crippen LogP contribution in [0.2, 0.25) is 0 Å². The molecule has 4 rings (SSSR count). The highest BCUT2D eigenvalue weighted by molar-refractivity contribution is 5.92. The minimum Gasteiger partial charge on any atom is -0.313 e. The van der Waals surface area contributed by atoms with Gasteiger partial charge in [-0.2, -0.15) is 10.1 Å². The van der Waals surface area contributed by atoms with Gasteiger partial charge in [0.25, 0.3) is 0 Å². The van der Waals surface area contributed by atoms with Crippen molar-refractivity contribution in [3.63, 3.8) is 0 Å². The third-order valence-corrected chi connectivity index (χ3v) is 7.39. The molecule has 0 bridgehead atoms. The SMILES string of the molecule is CC1(C)CCC(C)(Cc2ccc3cccc4c3c2C(C)(C)N(O)C4(C)C)N1O. The first kappa shape index (κ1) is 19.8. The van der Waals surface area contributed by atoms with Crippen molar-refractivity contribution in [2.24, 2.45) is 0 Å². The molecule has 0 aromatic heterocycles. The monoisotopic (exact) mass is 382 g/mol. The fraction of sp³-hybridized carbons (Fsp3) is 0.583. The Morgan fingerprint density at radius 2 is 1.50 bits per heavy atom. The Kier molecular flexibility index (Phi) is 4.10. The summed E-state index contributed by atoms with van der Waals surface area (Å²) in [6.07, 6.45) is 2.67. The molecule has 0 spiro atoms. The largest absolute Gasteiger partial charge is 0.313 e. The zero-order valence-corrected chi connectivity index (χ0v) is 18.3. The van der Waals surface area contributed by atoms with Crippen molar-refractivity contribution >= 4 is 10.8 Å². The van der Waals surface area contributed by atoms with E-state index in [1.165, 1.54) is 27.0 Å². The molecule has 2 aliphatic rings. The van der Waals surface area contributed by atoms with Crippen LogP contribution >= 0.6 is 0 Å². The van der Waals surface area contributed by atoms with Crippen LogP contribution in [0, 0.1) is 0 Å². The quantitative estimate of drug-likeness (QED) is 0.712. The van der Waals surface area contributed by atoms with E-state index < -0.39 is 11.1 Å². The Bertz CT molecular complexity index is 947. The average Bonchev–Trinajstić information content (AvgIpc) is 2.82. The van der Waals surface area contributed by atoms with Crippen LogP contribution in [0.3, 0.4) is 0 Å². The molecule has 4 nitrogen and oxygen atoms in total. The predicted octanol–water partition coefficient (Wildman–Crippen LogP) is 5.58. The molecule has 1 atom stereocenters. The Labute approximate surface area is 168 Å². The predicted molar refractivity (Wildman–Crippen MR) is 113 cm³/mol. The summed E-state index contributed by atoms with van der Waals surface area (Å²) < 4.78 is 0. The summed E-state index contributed by atoms with van der Waals surface area (Å²) in [5.41, 5.74) is 2.01.